The Labute approximate surface area is 104 Å². The van der Waals surface area contributed by atoms with Crippen LogP contribution >= 0.6 is 0 Å². The molecule has 2 aromatic rings. The fourth-order valence-corrected chi connectivity index (χ4v) is 2.03. The standard InChI is InChI=1S/C12H14N2O4/c15-14-10-8-12-11(7-9(10)13-18-14)16-5-3-1-2-4-6-17-12/h7-8H,1-6H2. The van der Waals surface area contributed by atoms with Gasteiger partial charge in [0.15, 0.2) is 11.5 Å². The van der Waals surface area contributed by atoms with E-state index in [4.69, 9.17) is 9.47 Å². The number of hydrogen-bond acceptors (Lipinski definition) is 5. The first-order valence-corrected chi connectivity index (χ1v) is 6.14. The van der Waals surface area contributed by atoms with Crippen LogP contribution in [-0.4, -0.2) is 18.4 Å². The number of fused-ring (bicyclic) bond motifs is 2. The molecule has 96 valence electrons. The molecular formula is C12H14N2O4. The highest BCUT2D eigenvalue weighted by Gasteiger charge is 2.17. The smallest absolute Gasteiger partial charge is 0.252 e. The second kappa shape index (κ2) is 4.72. The van der Waals surface area contributed by atoms with Gasteiger partial charge in [0.2, 0.25) is 5.52 Å². The van der Waals surface area contributed by atoms with E-state index in [1.54, 1.807) is 12.1 Å². The van der Waals surface area contributed by atoms with Gasteiger partial charge in [0.1, 0.15) is 0 Å². The summed E-state index contributed by atoms with van der Waals surface area (Å²) in [4.78, 5) is 0.373. The molecule has 0 atom stereocenters. The summed E-state index contributed by atoms with van der Waals surface area (Å²) >= 11 is 0. The molecule has 0 bridgehead atoms. The van der Waals surface area contributed by atoms with E-state index in [1.807, 2.05) is 0 Å². The first-order valence-electron chi connectivity index (χ1n) is 6.14. The van der Waals surface area contributed by atoms with Crippen molar-refractivity contribution in [2.45, 2.75) is 25.7 Å². The molecule has 3 rings (SSSR count). The summed E-state index contributed by atoms with van der Waals surface area (Å²) in [6.45, 7) is 1.28. The van der Waals surface area contributed by atoms with Crippen LogP contribution in [0.15, 0.2) is 16.8 Å². The Balaban J connectivity index is 2.00. The topological polar surface area (TPSA) is 71.4 Å². The first kappa shape index (κ1) is 11.1. The predicted molar refractivity (Wildman–Crippen MR) is 62.4 cm³/mol. The van der Waals surface area contributed by atoms with Gasteiger partial charge in [-0.1, -0.05) is 0 Å². The average Bonchev–Trinajstić information content (AvgIpc) is 2.74. The molecule has 6 heteroatoms. The summed E-state index contributed by atoms with van der Waals surface area (Å²) < 4.78 is 15.9. The Morgan fingerprint density at radius 1 is 1.00 bits per heavy atom. The molecule has 0 saturated carbocycles. The molecule has 1 aromatic carbocycles. The van der Waals surface area contributed by atoms with Gasteiger partial charge in [-0.05, 0) is 30.6 Å². The van der Waals surface area contributed by atoms with Crippen LogP contribution in [0.4, 0.5) is 0 Å². The average molecular weight is 250 g/mol. The second-order valence-corrected chi connectivity index (χ2v) is 4.33. The van der Waals surface area contributed by atoms with Crippen LogP contribution in [0.3, 0.4) is 0 Å². The van der Waals surface area contributed by atoms with Crippen molar-refractivity contribution < 1.29 is 19.0 Å². The summed E-state index contributed by atoms with van der Waals surface area (Å²) in [7, 11) is 0. The molecule has 6 nitrogen and oxygen atoms in total. The van der Waals surface area contributed by atoms with Gasteiger partial charge in [-0.15, -0.1) is 0 Å². The Bertz CT molecular complexity index is 552. The van der Waals surface area contributed by atoms with Gasteiger partial charge in [-0.2, -0.15) is 0 Å². The lowest BCUT2D eigenvalue weighted by Crippen LogP contribution is -2.22. The molecule has 0 fully saturated rings. The van der Waals surface area contributed by atoms with E-state index in [1.165, 1.54) is 0 Å². The number of aromatic nitrogens is 2. The lowest BCUT2D eigenvalue weighted by molar-refractivity contribution is -0.782. The van der Waals surface area contributed by atoms with Crippen molar-refractivity contribution in [3.63, 3.8) is 0 Å². The minimum atomic E-state index is 0.356. The Kier molecular flexibility index (Phi) is 2.92. The zero-order chi connectivity index (χ0) is 12.4. The molecule has 1 aliphatic rings. The maximum Gasteiger partial charge on any atom is 0.252 e. The quantitative estimate of drug-likeness (QED) is 0.666. The van der Waals surface area contributed by atoms with Crippen molar-refractivity contribution in [1.29, 1.82) is 0 Å². The van der Waals surface area contributed by atoms with E-state index in [9.17, 15) is 5.21 Å². The van der Waals surface area contributed by atoms with E-state index in [0.717, 1.165) is 25.7 Å². The molecule has 0 radical (unpaired) electrons. The summed E-state index contributed by atoms with van der Waals surface area (Å²) in [5.41, 5.74) is 0.832. The monoisotopic (exact) mass is 250 g/mol. The van der Waals surface area contributed by atoms with E-state index in [2.05, 4.69) is 9.79 Å². The number of nitrogens with zero attached hydrogens (tertiary/aromatic N) is 2. The molecule has 0 unspecified atom stereocenters. The molecule has 0 aliphatic carbocycles. The third-order valence-corrected chi connectivity index (χ3v) is 3.00. The third kappa shape index (κ3) is 2.05. The van der Waals surface area contributed by atoms with Crippen molar-refractivity contribution in [2.24, 2.45) is 0 Å². The van der Waals surface area contributed by atoms with Gasteiger partial charge in [-0.25, -0.2) is 0 Å². The molecule has 1 aliphatic heterocycles. The van der Waals surface area contributed by atoms with E-state index in [0.29, 0.717) is 40.6 Å². The van der Waals surface area contributed by atoms with E-state index in [-0.39, 0.29) is 0 Å². The van der Waals surface area contributed by atoms with Gasteiger partial charge in [0.05, 0.1) is 13.2 Å². The molecule has 0 N–H and O–H groups in total. The van der Waals surface area contributed by atoms with Gasteiger partial charge in [0.25, 0.3) is 5.52 Å². The highest BCUT2D eigenvalue weighted by atomic mass is 16.8. The van der Waals surface area contributed by atoms with Gasteiger partial charge >= 0.3 is 0 Å². The van der Waals surface area contributed by atoms with Crippen LogP contribution in [0.1, 0.15) is 25.7 Å². The fraction of sp³-hybridized carbons (Fsp3) is 0.500. The highest BCUT2D eigenvalue weighted by Crippen LogP contribution is 2.31. The van der Waals surface area contributed by atoms with Gasteiger partial charge in [0, 0.05) is 17.3 Å². The molecule has 1 aromatic heterocycles. The fourth-order valence-electron chi connectivity index (χ4n) is 2.03. The van der Waals surface area contributed by atoms with Crippen molar-refractivity contribution in [3.05, 3.63) is 17.3 Å². The number of benzene rings is 1. The normalized spacial score (nSPS) is 16.7. The third-order valence-electron chi connectivity index (χ3n) is 3.00. The number of hydrogen-bond donors (Lipinski definition) is 0. The van der Waals surface area contributed by atoms with Crippen LogP contribution < -0.4 is 14.4 Å². The molecule has 0 spiro atoms. The summed E-state index contributed by atoms with van der Waals surface area (Å²) in [6.07, 6.45) is 4.32. The van der Waals surface area contributed by atoms with E-state index >= 15 is 0 Å². The van der Waals surface area contributed by atoms with Gasteiger partial charge < -0.3 is 14.7 Å². The lowest BCUT2D eigenvalue weighted by atomic mass is 10.2. The molecule has 0 amide bonds. The highest BCUT2D eigenvalue weighted by molar-refractivity contribution is 5.75. The van der Waals surface area contributed by atoms with Crippen molar-refractivity contribution in [2.75, 3.05) is 13.2 Å². The SMILES string of the molecule is [O-][n+]1onc2cc3c(cc21)OCCCCCCO3. The summed E-state index contributed by atoms with van der Waals surface area (Å²) in [5.74, 6) is 1.20. The van der Waals surface area contributed by atoms with Crippen LogP contribution in [0.25, 0.3) is 11.0 Å². The minimum absolute atomic E-state index is 0.356. The summed E-state index contributed by atoms with van der Waals surface area (Å²) in [6, 6.07) is 3.31. The number of rotatable bonds is 0. The zero-order valence-electron chi connectivity index (χ0n) is 9.92. The maximum atomic E-state index is 11.3. The Morgan fingerprint density at radius 3 is 2.39 bits per heavy atom. The second-order valence-electron chi connectivity index (χ2n) is 4.33. The van der Waals surface area contributed by atoms with Crippen LogP contribution in [0, 0.1) is 5.21 Å². The molecular weight excluding hydrogens is 236 g/mol. The zero-order valence-corrected chi connectivity index (χ0v) is 9.92. The Hall–Kier alpha value is -1.98. The van der Waals surface area contributed by atoms with Crippen molar-refractivity contribution >= 4 is 11.0 Å². The maximum absolute atomic E-state index is 11.3. The van der Waals surface area contributed by atoms with Crippen LogP contribution in [0.2, 0.25) is 0 Å². The minimum Gasteiger partial charge on any atom is -0.490 e. The first-order chi connectivity index (χ1) is 8.84. The molecule has 18 heavy (non-hydrogen) atoms. The predicted octanol–water partition coefficient (Wildman–Crippen LogP) is 1.79. The van der Waals surface area contributed by atoms with Crippen LogP contribution in [-0.2, 0) is 0 Å². The summed E-state index contributed by atoms with van der Waals surface area (Å²) in [5, 5.41) is 15.0. The van der Waals surface area contributed by atoms with Crippen molar-refractivity contribution in [3.8, 4) is 11.5 Å². The molecule has 2 heterocycles. The Morgan fingerprint density at radius 2 is 1.67 bits per heavy atom. The number of ether oxygens (including phenoxy) is 2. The van der Waals surface area contributed by atoms with Gasteiger partial charge in [-0.3, -0.25) is 4.63 Å². The van der Waals surface area contributed by atoms with Crippen LogP contribution in [0.5, 0.6) is 11.5 Å². The van der Waals surface area contributed by atoms with Crippen molar-refractivity contribution in [1.82, 2.24) is 5.16 Å². The lowest BCUT2D eigenvalue weighted by Gasteiger charge is -2.14. The van der Waals surface area contributed by atoms with E-state index < -0.39 is 0 Å². The molecule has 0 saturated heterocycles. The largest absolute Gasteiger partial charge is 0.490 e.